The summed E-state index contributed by atoms with van der Waals surface area (Å²) >= 11 is 0. The number of hydrogen-bond acceptors (Lipinski definition) is 1. The molecule has 0 saturated heterocycles. The maximum absolute atomic E-state index is 12.7. The van der Waals surface area contributed by atoms with Crippen LogP contribution >= 0.6 is 0 Å². The Hall–Kier alpha value is -0.810. The Kier molecular flexibility index (Phi) is 5.22. The summed E-state index contributed by atoms with van der Waals surface area (Å²) in [6, 6.07) is -0.489. The van der Waals surface area contributed by atoms with Crippen LogP contribution in [0.3, 0.4) is 0 Å². The summed E-state index contributed by atoms with van der Waals surface area (Å²) in [5.74, 6) is -6.22. The third-order valence-corrected chi connectivity index (χ3v) is 2.35. The average molecular weight is 243 g/mol. The van der Waals surface area contributed by atoms with E-state index >= 15 is 0 Å². The minimum absolute atomic E-state index is 0.199. The first-order valence-electron chi connectivity index (χ1n) is 5.03. The highest BCUT2D eigenvalue weighted by atomic mass is 19.3. The average Bonchev–Trinajstić information content (AvgIpc) is 2.13. The molecule has 0 aromatic heterocycles. The van der Waals surface area contributed by atoms with Gasteiger partial charge in [-0.3, -0.25) is 4.79 Å². The second kappa shape index (κ2) is 5.50. The van der Waals surface area contributed by atoms with Crippen LogP contribution in [0.15, 0.2) is 0 Å². The Morgan fingerprint density at radius 2 is 1.69 bits per heavy atom. The highest BCUT2D eigenvalue weighted by Gasteiger charge is 2.51. The lowest BCUT2D eigenvalue weighted by atomic mass is 10.0. The van der Waals surface area contributed by atoms with Crippen LogP contribution in [0.4, 0.5) is 17.6 Å². The lowest BCUT2D eigenvalue weighted by Crippen LogP contribution is -2.49. The highest BCUT2D eigenvalue weighted by molar-refractivity contribution is 5.84. The molecule has 1 atom stereocenters. The molecule has 6 heteroatoms. The van der Waals surface area contributed by atoms with Gasteiger partial charge in [0.25, 0.3) is 5.91 Å². The standard InChI is InChI=1S/C10H17F4NO/c1-6(2)5-7(3)15(4)9(16)10(13,14)8(11)12/h6-8H,5H2,1-4H3. The fraction of sp³-hybridized carbons (Fsp3) is 0.900. The van der Waals surface area contributed by atoms with Gasteiger partial charge in [0.1, 0.15) is 0 Å². The molecule has 0 aliphatic heterocycles. The minimum Gasteiger partial charge on any atom is -0.338 e. The van der Waals surface area contributed by atoms with Gasteiger partial charge in [0.05, 0.1) is 0 Å². The van der Waals surface area contributed by atoms with E-state index in [1.165, 1.54) is 0 Å². The van der Waals surface area contributed by atoms with Crippen LogP contribution in [0.5, 0.6) is 0 Å². The SMILES string of the molecule is CC(C)CC(C)N(C)C(=O)C(F)(F)C(F)F. The highest BCUT2D eigenvalue weighted by Crippen LogP contribution is 2.26. The molecule has 0 radical (unpaired) electrons. The third-order valence-electron chi connectivity index (χ3n) is 2.35. The summed E-state index contributed by atoms with van der Waals surface area (Å²) < 4.78 is 49.4. The maximum Gasteiger partial charge on any atom is 0.383 e. The van der Waals surface area contributed by atoms with Crippen molar-refractivity contribution in [1.29, 1.82) is 0 Å². The number of hydrogen-bond donors (Lipinski definition) is 0. The van der Waals surface area contributed by atoms with Gasteiger partial charge in [0.2, 0.25) is 0 Å². The topological polar surface area (TPSA) is 20.3 Å². The molecular formula is C10H17F4NO. The molecule has 0 saturated carbocycles. The van der Waals surface area contributed by atoms with Gasteiger partial charge in [-0.05, 0) is 19.3 Å². The smallest absolute Gasteiger partial charge is 0.338 e. The van der Waals surface area contributed by atoms with Gasteiger partial charge in [-0.1, -0.05) is 13.8 Å². The third kappa shape index (κ3) is 3.64. The summed E-state index contributed by atoms with van der Waals surface area (Å²) in [7, 11) is 1.12. The van der Waals surface area contributed by atoms with Crippen molar-refractivity contribution in [3.8, 4) is 0 Å². The van der Waals surface area contributed by atoms with Gasteiger partial charge in [0.15, 0.2) is 0 Å². The van der Waals surface area contributed by atoms with E-state index < -0.39 is 24.3 Å². The molecule has 0 aliphatic rings. The molecule has 0 aliphatic carbocycles. The quantitative estimate of drug-likeness (QED) is 0.680. The number of amides is 1. The molecule has 0 fully saturated rings. The van der Waals surface area contributed by atoms with E-state index in [0.717, 1.165) is 7.05 Å². The summed E-state index contributed by atoms with van der Waals surface area (Å²) in [5.41, 5.74) is 0. The first-order valence-corrected chi connectivity index (χ1v) is 5.03. The van der Waals surface area contributed by atoms with E-state index in [1.54, 1.807) is 6.92 Å². The molecule has 0 rings (SSSR count). The van der Waals surface area contributed by atoms with Gasteiger partial charge in [-0.15, -0.1) is 0 Å². The van der Waals surface area contributed by atoms with Gasteiger partial charge in [-0.2, -0.15) is 8.78 Å². The summed E-state index contributed by atoms with van der Waals surface area (Å²) in [6.07, 6.45) is -3.48. The van der Waals surface area contributed by atoms with Crippen molar-refractivity contribution in [2.45, 2.75) is 45.6 Å². The van der Waals surface area contributed by atoms with Crippen LogP contribution < -0.4 is 0 Å². The predicted molar refractivity (Wildman–Crippen MR) is 52.6 cm³/mol. The van der Waals surface area contributed by atoms with Gasteiger partial charge in [0, 0.05) is 13.1 Å². The number of halogens is 4. The first kappa shape index (κ1) is 15.2. The zero-order valence-electron chi connectivity index (χ0n) is 9.81. The molecular weight excluding hydrogens is 226 g/mol. The number of nitrogens with zero attached hydrogens (tertiary/aromatic N) is 1. The molecule has 1 amide bonds. The van der Waals surface area contributed by atoms with E-state index in [9.17, 15) is 22.4 Å². The van der Waals surface area contributed by atoms with Crippen molar-refractivity contribution in [3.05, 3.63) is 0 Å². The Labute approximate surface area is 92.6 Å². The molecule has 0 aromatic rings. The van der Waals surface area contributed by atoms with Crippen molar-refractivity contribution >= 4 is 5.91 Å². The summed E-state index contributed by atoms with van der Waals surface area (Å²) in [5, 5.41) is 0. The van der Waals surface area contributed by atoms with Crippen molar-refractivity contribution < 1.29 is 22.4 Å². The normalized spacial score (nSPS) is 14.4. The van der Waals surface area contributed by atoms with Crippen LogP contribution in [0.1, 0.15) is 27.2 Å². The molecule has 0 spiro atoms. The lowest BCUT2D eigenvalue weighted by molar-refractivity contribution is -0.181. The molecule has 0 N–H and O–H groups in total. The van der Waals surface area contributed by atoms with Crippen molar-refractivity contribution in [2.24, 2.45) is 5.92 Å². The van der Waals surface area contributed by atoms with E-state index in [4.69, 9.17) is 0 Å². The molecule has 1 unspecified atom stereocenters. The Morgan fingerprint density at radius 1 is 1.25 bits per heavy atom. The number of alkyl halides is 4. The number of carbonyl (C=O) groups excluding carboxylic acids is 1. The number of carbonyl (C=O) groups is 1. The largest absolute Gasteiger partial charge is 0.383 e. The maximum atomic E-state index is 12.7. The van der Waals surface area contributed by atoms with E-state index in [0.29, 0.717) is 11.3 Å². The predicted octanol–water partition coefficient (Wildman–Crippen LogP) is 2.78. The van der Waals surface area contributed by atoms with E-state index in [2.05, 4.69) is 0 Å². The van der Waals surface area contributed by atoms with Gasteiger partial charge in [-0.25, -0.2) is 8.78 Å². The molecule has 0 heterocycles. The lowest BCUT2D eigenvalue weighted by Gasteiger charge is -2.29. The Bertz CT molecular complexity index is 243. The zero-order chi connectivity index (χ0) is 13.1. The summed E-state index contributed by atoms with van der Waals surface area (Å²) in [4.78, 5) is 11.8. The Balaban J connectivity index is 4.61. The van der Waals surface area contributed by atoms with Crippen molar-refractivity contribution in [2.75, 3.05) is 7.05 Å². The van der Waals surface area contributed by atoms with Crippen molar-refractivity contribution in [3.63, 3.8) is 0 Å². The minimum atomic E-state index is -4.60. The fourth-order valence-electron chi connectivity index (χ4n) is 1.37. The molecule has 0 bridgehead atoms. The second-order valence-electron chi connectivity index (χ2n) is 4.32. The molecule has 0 aromatic carbocycles. The summed E-state index contributed by atoms with van der Waals surface area (Å²) in [6.45, 7) is 5.28. The van der Waals surface area contributed by atoms with Crippen LogP contribution in [-0.4, -0.2) is 36.2 Å². The van der Waals surface area contributed by atoms with E-state index in [-0.39, 0.29) is 5.92 Å². The van der Waals surface area contributed by atoms with Gasteiger partial charge < -0.3 is 4.90 Å². The van der Waals surface area contributed by atoms with Crippen LogP contribution in [0.25, 0.3) is 0 Å². The number of rotatable bonds is 5. The monoisotopic (exact) mass is 243 g/mol. The van der Waals surface area contributed by atoms with E-state index in [1.807, 2.05) is 13.8 Å². The second-order valence-corrected chi connectivity index (χ2v) is 4.32. The molecule has 2 nitrogen and oxygen atoms in total. The van der Waals surface area contributed by atoms with Crippen LogP contribution in [0, 0.1) is 5.92 Å². The van der Waals surface area contributed by atoms with Crippen LogP contribution in [-0.2, 0) is 4.79 Å². The van der Waals surface area contributed by atoms with Gasteiger partial charge >= 0.3 is 12.3 Å². The first-order chi connectivity index (χ1) is 7.10. The molecule has 16 heavy (non-hydrogen) atoms. The van der Waals surface area contributed by atoms with Crippen molar-refractivity contribution in [1.82, 2.24) is 4.90 Å². The molecule has 96 valence electrons. The van der Waals surface area contributed by atoms with Crippen LogP contribution in [0.2, 0.25) is 0 Å². The fourth-order valence-corrected chi connectivity index (χ4v) is 1.37. The Morgan fingerprint density at radius 3 is 2.00 bits per heavy atom. The zero-order valence-corrected chi connectivity index (χ0v) is 9.81.